The van der Waals surface area contributed by atoms with Crippen molar-refractivity contribution in [3.63, 3.8) is 0 Å². The first-order valence-electron chi connectivity index (χ1n) is 4.72. The summed E-state index contributed by atoms with van der Waals surface area (Å²) in [5, 5.41) is 12.1. The van der Waals surface area contributed by atoms with Crippen LogP contribution in [0.15, 0.2) is 23.5 Å². The van der Waals surface area contributed by atoms with Crippen molar-refractivity contribution in [2.24, 2.45) is 5.16 Å². The summed E-state index contributed by atoms with van der Waals surface area (Å²) in [5.41, 5.74) is 0.816. The lowest BCUT2D eigenvalue weighted by atomic mass is 10.3. The van der Waals surface area contributed by atoms with Gasteiger partial charge in [0.15, 0.2) is 0 Å². The Morgan fingerprint density at radius 1 is 1.53 bits per heavy atom. The van der Waals surface area contributed by atoms with Gasteiger partial charge in [0, 0.05) is 17.8 Å². The second-order valence-electron chi connectivity index (χ2n) is 2.65. The molecule has 1 rings (SSSR count). The highest BCUT2D eigenvalue weighted by Crippen LogP contribution is 2.05. The van der Waals surface area contributed by atoms with Crippen LogP contribution in [0.2, 0.25) is 0 Å². The summed E-state index contributed by atoms with van der Waals surface area (Å²) in [7, 11) is 0. The number of hydrogen-bond donors (Lipinski definition) is 1. The molecule has 5 nitrogen and oxygen atoms in total. The Kier molecular flexibility index (Phi) is 5.18. The Bertz CT molecular complexity index is 298. The van der Waals surface area contributed by atoms with Crippen molar-refractivity contribution in [1.82, 2.24) is 4.98 Å². The largest absolute Gasteiger partial charge is 0.478 e. The quantitative estimate of drug-likeness (QED) is 0.429. The van der Waals surface area contributed by atoms with Crippen LogP contribution >= 0.6 is 0 Å². The van der Waals surface area contributed by atoms with E-state index in [4.69, 9.17) is 14.7 Å². The Morgan fingerprint density at radius 3 is 3.00 bits per heavy atom. The molecule has 15 heavy (non-hydrogen) atoms. The molecule has 0 unspecified atom stereocenters. The molecule has 1 aromatic rings. The van der Waals surface area contributed by atoms with Gasteiger partial charge in [-0.05, 0) is 13.0 Å². The van der Waals surface area contributed by atoms with E-state index in [1.54, 1.807) is 12.3 Å². The Labute approximate surface area is 88.3 Å². The number of oxime groups is 1. The van der Waals surface area contributed by atoms with E-state index in [0.29, 0.717) is 12.5 Å². The zero-order chi connectivity index (χ0) is 10.9. The van der Waals surface area contributed by atoms with Gasteiger partial charge >= 0.3 is 0 Å². The average Bonchev–Trinajstić information content (AvgIpc) is 2.27. The minimum Gasteiger partial charge on any atom is -0.478 e. The van der Waals surface area contributed by atoms with Gasteiger partial charge in [0.2, 0.25) is 5.88 Å². The van der Waals surface area contributed by atoms with Gasteiger partial charge in [-0.3, -0.25) is 0 Å². The molecule has 0 aliphatic rings. The first kappa shape index (κ1) is 11.5. The van der Waals surface area contributed by atoms with Crippen LogP contribution in [0.4, 0.5) is 0 Å². The molecule has 1 aromatic heterocycles. The average molecular weight is 210 g/mol. The molecule has 0 saturated heterocycles. The number of rotatable bonds is 6. The second-order valence-corrected chi connectivity index (χ2v) is 2.65. The van der Waals surface area contributed by atoms with E-state index in [2.05, 4.69) is 10.1 Å². The van der Waals surface area contributed by atoms with Crippen LogP contribution in [0.3, 0.4) is 0 Å². The number of hydrogen-bond acceptors (Lipinski definition) is 5. The van der Waals surface area contributed by atoms with Gasteiger partial charge in [-0.2, -0.15) is 0 Å². The normalized spacial score (nSPS) is 10.5. The van der Waals surface area contributed by atoms with Crippen LogP contribution in [0.25, 0.3) is 0 Å². The van der Waals surface area contributed by atoms with Gasteiger partial charge in [-0.1, -0.05) is 5.16 Å². The number of pyridine rings is 1. The van der Waals surface area contributed by atoms with Crippen molar-refractivity contribution >= 4 is 6.21 Å². The molecule has 0 bridgehead atoms. The third-order valence-corrected chi connectivity index (χ3v) is 1.51. The van der Waals surface area contributed by atoms with Crippen LogP contribution in [-0.4, -0.2) is 36.1 Å². The molecule has 0 atom stereocenters. The molecule has 5 heteroatoms. The Hall–Kier alpha value is -1.62. The molecule has 0 aliphatic heterocycles. The van der Waals surface area contributed by atoms with E-state index in [0.717, 1.165) is 5.56 Å². The molecule has 0 aliphatic carbocycles. The van der Waals surface area contributed by atoms with E-state index in [-0.39, 0.29) is 13.2 Å². The van der Waals surface area contributed by atoms with Crippen molar-refractivity contribution in [3.8, 4) is 5.88 Å². The first-order chi connectivity index (χ1) is 7.36. The SMILES string of the molecule is CCOc1ccc(/C=N/OCCO)cn1. The van der Waals surface area contributed by atoms with Crippen LogP contribution in [0.5, 0.6) is 5.88 Å². The summed E-state index contributed by atoms with van der Waals surface area (Å²) < 4.78 is 5.18. The van der Waals surface area contributed by atoms with Crippen molar-refractivity contribution in [2.75, 3.05) is 19.8 Å². The summed E-state index contributed by atoms with van der Waals surface area (Å²) in [4.78, 5) is 8.77. The van der Waals surface area contributed by atoms with Crippen LogP contribution in [-0.2, 0) is 4.84 Å². The highest BCUT2D eigenvalue weighted by Gasteiger charge is 1.93. The molecule has 0 aromatic carbocycles. The lowest BCUT2D eigenvalue weighted by Crippen LogP contribution is -1.95. The number of aliphatic hydroxyl groups excluding tert-OH is 1. The summed E-state index contributed by atoms with van der Waals surface area (Å²) in [5.74, 6) is 0.589. The van der Waals surface area contributed by atoms with Crippen LogP contribution in [0, 0.1) is 0 Å². The number of ether oxygens (including phenoxy) is 1. The Morgan fingerprint density at radius 2 is 2.40 bits per heavy atom. The van der Waals surface area contributed by atoms with Crippen molar-refractivity contribution in [3.05, 3.63) is 23.9 Å². The molecule has 1 heterocycles. The molecule has 0 saturated carbocycles. The van der Waals surface area contributed by atoms with Gasteiger partial charge in [-0.15, -0.1) is 0 Å². The molecule has 0 radical (unpaired) electrons. The maximum atomic E-state index is 8.43. The molecule has 0 amide bonds. The summed E-state index contributed by atoms with van der Waals surface area (Å²) in [6.07, 6.45) is 3.16. The predicted molar refractivity (Wildman–Crippen MR) is 56.0 cm³/mol. The van der Waals surface area contributed by atoms with Crippen LogP contribution in [0.1, 0.15) is 12.5 Å². The second kappa shape index (κ2) is 6.78. The van der Waals surface area contributed by atoms with Crippen molar-refractivity contribution < 1.29 is 14.7 Å². The van der Waals surface area contributed by atoms with Gasteiger partial charge in [-0.25, -0.2) is 4.98 Å². The molecular weight excluding hydrogens is 196 g/mol. The van der Waals surface area contributed by atoms with E-state index in [1.165, 1.54) is 6.21 Å². The van der Waals surface area contributed by atoms with Crippen LogP contribution < -0.4 is 4.74 Å². The highest BCUT2D eigenvalue weighted by atomic mass is 16.6. The molecular formula is C10H14N2O3. The zero-order valence-corrected chi connectivity index (χ0v) is 8.59. The number of aromatic nitrogens is 1. The molecule has 0 fully saturated rings. The van der Waals surface area contributed by atoms with Gasteiger partial charge in [0.1, 0.15) is 6.61 Å². The van der Waals surface area contributed by atoms with E-state index in [1.807, 2.05) is 13.0 Å². The molecule has 82 valence electrons. The van der Waals surface area contributed by atoms with Gasteiger partial charge < -0.3 is 14.7 Å². The fourth-order valence-corrected chi connectivity index (χ4v) is 0.893. The third-order valence-electron chi connectivity index (χ3n) is 1.51. The molecule has 0 spiro atoms. The maximum absolute atomic E-state index is 8.43. The summed E-state index contributed by atoms with van der Waals surface area (Å²) in [6, 6.07) is 3.58. The summed E-state index contributed by atoms with van der Waals surface area (Å²) in [6.45, 7) is 2.65. The third kappa shape index (κ3) is 4.42. The zero-order valence-electron chi connectivity index (χ0n) is 8.59. The topological polar surface area (TPSA) is 63.9 Å². The van der Waals surface area contributed by atoms with E-state index < -0.39 is 0 Å². The van der Waals surface area contributed by atoms with Gasteiger partial charge in [0.05, 0.1) is 19.4 Å². The molecule has 1 N–H and O–H groups in total. The Balaban J connectivity index is 2.45. The standard InChI is InChI=1S/C10H14N2O3/c1-2-14-10-4-3-9(7-11-10)8-12-15-6-5-13/h3-4,7-8,13H,2,5-6H2,1H3/b12-8+. The van der Waals surface area contributed by atoms with Gasteiger partial charge in [0.25, 0.3) is 0 Å². The summed E-state index contributed by atoms with van der Waals surface area (Å²) >= 11 is 0. The predicted octanol–water partition coefficient (Wildman–Crippen LogP) is 0.823. The van der Waals surface area contributed by atoms with E-state index >= 15 is 0 Å². The highest BCUT2D eigenvalue weighted by molar-refractivity contribution is 5.78. The maximum Gasteiger partial charge on any atom is 0.213 e. The minimum atomic E-state index is -0.0428. The van der Waals surface area contributed by atoms with Crippen molar-refractivity contribution in [1.29, 1.82) is 0 Å². The fraction of sp³-hybridized carbons (Fsp3) is 0.400. The first-order valence-corrected chi connectivity index (χ1v) is 4.72. The number of nitrogens with zero attached hydrogens (tertiary/aromatic N) is 2. The lowest BCUT2D eigenvalue weighted by molar-refractivity contribution is 0.0997. The minimum absolute atomic E-state index is 0.0428. The lowest BCUT2D eigenvalue weighted by Gasteiger charge is -2.00. The van der Waals surface area contributed by atoms with E-state index in [9.17, 15) is 0 Å². The monoisotopic (exact) mass is 210 g/mol. The number of aliphatic hydroxyl groups is 1. The van der Waals surface area contributed by atoms with Crippen molar-refractivity contribution in [2.45, 2.75) is 6.92 Å². The smallest absolute Gasteiger partial charge is 0.213 e. The fourth-order valence-electron chi connectivity index (χ4n) is 0.893.